The van der Waals surface area contributed by atoms with Crippen molar-refractivity contribution in [3.63, 3.8) is 0 Å². The zero-order chi connectivity index (χ0) is 12.3. The Balaban J connectivity index is 3.31. The number of aliphatic hydroxyl groups excluding tert-OH is 1. The maximum atomic E-state index is 9.08. The summed E-state index contributed by atoms with van der Waals surface area (Å²) in [5, 5.41) is 9.08. The predicted octanol–water partition coefficient (Wildman–Crippen LogP) is 2.52. The van der Waals surface area contributed by atoms with Gasteiger partial charge in [0.25, 0.3) is 0 Å². The van der Waals surface area contributed by atoms with E-state index in [0.717, 1.165) is 12.8 Å². The summed E-state index contributed by atoms with van der Waals surface area (Å²) in [6.07, 6.45) is 2.36. The molecule has 0 unspecified atom stereocenters. The summed E-state index contributed by atoms with van der Waals surface area (Å²) in [6, 6.07) is -0.369. The van der Waals surface area contributed by atoms with E-state index in [0.29, 0.717) is 12.0 Å². The molecule has 0 aromatic heterocycles. The Morgan fingerprint density at radius 2 is 2.17 bits per heavy atom. The second kappa shape index (κ2) is 4.94. The van der Waals surface area contributed by atoms with Crippen molar-refractivity contribution in [1.29, 1.82) is 0 Å². The molecule has 1 heteroatoms. The SMILES string of the molecule is [2H]c1c([2H])c(CO)c([2H])c(CCCC)c1[2H]. The first-order valence-corrected chi connectivity index (χ1v) is 4.23. The van der Waals surface area contributed by atoms with Gasteiger partial charge in [0.05, 0.1) is 12.1 Å². The fourth-order valence-electron chi connectivity index (χ4n) is 0.984. The maximum absolute atomic E-state index is 9.08. The molecule has 0 saturated carbocycles. The Kier molecular flexibility index (Phi) is 2.07. The molecular formula is C11H16O. The van der Waals surface area contributed by atoms with E-state index in [4.69, 9.17) is 10.6 Å². The van der Waals surface area contributed by atoms with Crippen molar-refractivity contribution in [2.75, 3.05) is 0 Å². The van der Waals surface area contributed by atoms with Gasteiger partial charge in [-0.2, -0.15) is 0 Å². The van der Waals surface area contributed by atoms with E-state index in [-0.39, 0.29) is 29.7 Å². The molecule has 1 N–H and O–H groups in total. The minimum Gasteiger partial charge on any atom is -0.392 e. The molecule has 0 fully saturated rings. The van der Waals surface area contributed by atoms with E-state index in [1.807, 2.05) is 6.92 Å². The van der Waals surface area contributed by atoms with Crippen LogP contribution in [-0.4, -0.2) is 5.11 Å². The van der Waals surface area contributed by atoms with Crippen molar-refractivity contribution in [2.24, 2.45) is 0 Å². The molecule has 0 spiro atoms. The zero-order valence-corrected chi connectivity index (χ0v) is 7.28. The van der Waals surface area contributed by atoms with Crippen LogP contribution in [0.5, 0.6) is 0 Å². The largest absolute Gasteiger partial charge is 0.392 e. The minimum atomic E-state index is -0.414. The van der Waals surface area contributed by atoms with Gasteiger partial charge < -0.3 is 5.11 Å². The number of rotatable bonds is 4. The lowest BCUT2D eigenvalue weighted by molar-refractivity contribution is 0.281. The molecule has 1 aromatic rings. The topological polar surface area (TPSA) is 20.2 Å². The molecule has 0 bridgehead atoms. The molecule has 1 nitrogen and oxygen atoms in total. The van der Waals surface area contributed by atoms with Gasteiger partial charge in [-0.05, 0) is 24.0 Å². The standard InChI is InChI=1S/C11H16O/c1-2-3-5-10-6-4-7-11(8-10)9-12/h4,6-8,12H,2-3,5,9H2,1H3/i4D,6D,7D,8D. The van der Waals surface area contributed by atoms with Crippen LogP contribution in [0.4, 0.5) is 0 Å². The fraction of sp³-hybridized carbons (Fsp3) is 0.455. The molecule has 12 heavy (non-hydrogen) atoms. The van der Waals surface area contributed by atoms with Gasteiger partial charge in [-0.1, -0.05) is 37.5 Å². The van der Waals surface area contributed by atoms with Gasteiger partial charge in [0.15, 0.2) is 0 Å². The Labute approximate surface area is 79.7 Å². The molecule has 0 aliphatic rings. The lowest BCUT2D eigenvalue weighted by atomic mass is 10.1. The van der Waals surface area contributed by atoms with Gasteiger partial charge in [0.1, 0.15) is 0 Å². The molecule has 0 amide bonds. The highest BCUT2D eigenvalue weighted by Gasteiger charge is 1.93. The summed E-state index contributed by atoms with van der Waals surface area (Å²) in [4.78, 5) is 0. The van der Waals surface area contributed by atoms with Crippen LogP contribution in [-0.2, 0) is 13.0 Å². The van der Waals surface area contributed by atoms with E-state index < -0.39 is 6.61 Å². The number of benzene rings is 1. The Hall–Kier alpha value is -0.820. The minimum absolute atomic E-state index is 0.0411. The lowest BCUT2D eigenvalue weighted by Gasteiger charge is -2.01. The van der Waals surface area contributed by atoms with Crippen LogP contribution < -0.4 is 0 Å². The van der Waals surface area contributed by atoms with E-state index in [1.165, 1.54) is 0 Å². The highest BCUT2D eigenvalue weighted by molar-refractivity contribution is 5.22. The second-order valence-corrected chi connectivity index (χ2v) is 2.72. The highest BCUT2D eigenvalue weighted by Crippen LogP contribution is 2.08. The zero-order valence-electron chi connectivity index (χ0n) is 11.3. The molecule has 0 aliphatic carbocycles. The molecule has 1 rings (SSSR count). The van der Waals surface area contributed by atoms with Crippen molar-refractivity contribution in [3.8, 4) is 0 Å². The van der Waals surface area contributed by atoms with Gasteiger partial charge in [0, 0.05) is 0 Å². The van der Waals surface area contributed by atoms with Crippen molar-refractivity contribution in [2.45, 2.75) is 32.8 Å². The average molecular weight is 168 g/mol. The smallest absolute Gasteiger partial charge is 0.0681 e. The number of hydrogen-bond acceptors (Lipinski definition) is 1. The van der Waals surface area contributed by atoms with Crippen LogP contribution in [0.1, 0.15) is 36.4 Å². The summed E-state index contributed by atoms with van der Waals surface area (Å²) in [5.74, 6) is 0. The average Bonchev–Trinajstić information content (AvgIpc) is 2.27. The summed E-state index contributed by atoms with van der Waals surface area (Å²) in [5.41, 5.74) is 0.638. The predicted molar refractivity (Wildman–Crippen MR) is 51.0 cm³/mol. The monoisotopic (exact) mass is 168 g/mol. The molecule has 0 saturated heterocycles. The fourth-order valence-corrected chi connectivity index (χ4v) is 0.984. The number of aliphatic hydroxyl groups is 1. The first-order valence-electron chi connectivity index (χ1n) is 6.23. The van der Waals surface area contributed by atoms with E-state index in [9.17, 15) is 0 Å². The van der Waals surface area contributed by atoms with Crippen LogP contribution in [0.15, 0.2) is 24.2 Å². The first-order chi connectivity index (χ1) is 7.54. The van der Waals surface area contributed by atoms with Crippen molar-refractivity contribution in [1.82, 2.24) is 0 Å². The highest BCUT2D eigenvalue weighted by atomic mass is 16.3. The quantitative estimate of drug-likeness (QED) is 0.732. The van der Waals surface area contributed by atoms with Crippen LogP contribution in [0.3, 0.4) is 0 Å². The molecular weight excluding hydrogens is 148 g/mol. The molecule has 0 heterocycles. The molecule has 0 atom stereocenters. The van der Waals surface area contributed by atoms with Crippen LogP contribution in [0.25, 0.3) is 0 Å². The summed E-state index contributed by atoms with van der Waals surface area (Å²) in [7, 11) is 0. The molecule has 0 radical (unpaired) electrons. The molecule has 1 aromatic carbocycles. The Morgan fingerprint density at radius 3 is 2.83 bits per heavy atom. The van der Waals surface area contributed by atoms with E-state index in [2.05, 4.69) is 0 Å². The third kappa shape index (κ3) is 2.67. The van der Waals surface area contributed by atoms with Crippen molar-refractivity contribution >= 4 is 0 Å². The molecule has 0 aliphatic heterocycles. The normalized spacial score (nSPS) is 14.8. The first kappa shape index (κ1) is 5.03. The van der Waals surface area contributed by atoms with Crippen molar-refractivity contribution < 1.29 is 10.6 Å². The third-order valence-corrected chi connectivity index (χ3v) is 1.67. The van der Waals surface area contributed by atoms with Crippen LogP contribution in [0, 0.1) is 0 Å². The number of unbranched alkanes of at least 4 members (excludes halogenated alkanes) is 1. The Bertz CT molecular complexity index is 390. The summed E-state index contributed by atoms with van der Waals surface area (Å²) >= 11 is 0. The van der Waals surface area contributed by atoms with Crippen LogP contribution in [0.2, 0.25) is 0 Å². The van der Waals surface area contributed by atoms with E-state index >= 15 is 0 Å². The number of hydrogen-bond donors (Lipinski definition) is 1. The van der Waals surface area contributed by atoms with Crippen LogP contribution >= 0.6 is 0 Å². The van der Waals surface area contributed by atoms with Crippen molar-refractivity contribution in [3.05, 3.63) is 35.3 Å². The second-order valence-electron chi connectivity index (χ2n) is 2.72. The lowest BCUT2D eigenvalue weighted by Crippen LogP contribution is -1.88. The Morgan fingerprint density at radius 1 is 1.42 bits per heavy atom. The van der Waals surface area contributed by atoms with Gasteiger partial charge in [-0.15, -0.1) is 0 Å². The van der Waals surface area contributed by atoms with Gasteiger partial charge in [0.2, 0.25) is 0 Å². The van der Waals surface area contributed by atoms with E-state index in [1.54, 1.807) is 0 Å². The molecule has 66 valence electrons. The van der Waals surface area contributed by atoms with Gasteiger partial charge in [-0.25, -0.2) is 0 Å². The summed E-state index contributed by atoms with van der Waals surface area (Å²) < 4.78 is 30.7. The summed E-state index contributed by atoms with van der Waals surface area (Å²) in [6.45, 7) is 1.60. The maximum Gasteiger partial charge on any atom is 0.0681 e. The van der Waals surface area contributed by atoms with Gasteiger partial charge in [-0.3, -0.25) is 0 Å². The third-order valence-electron chi connectivity index (χ3n) is 1.67. The van der Waals surface area contributed by atoms with Gasteiger partial charge >= 0.3 is 0 Å².